The molecule has 0 spiro atoms. The first-order valence-corrected chi connectivity index (χ1v) is 13.3. The lowest BCUT2D eigenvalue weighted by Crippen LogP contribution is -2.51. The van der Waals surface area contributed by atoms with E-state index >= 15 is 0 Å². The molecule has 8 heteroatoms. The average Bonchev–Trinajstić information content (AvgIpc) is 3.21. The highest BCUT2D eigenvalue weighted by Gasteiger charge is 2.52. The summed E-state index contributed by atoms with van der Waals surface area (Å²) in [6, 6.07) is 23.0. The molecule has 5 rings (SSSR count). The van der Waals surface area contributed by atoms with Crippen LogP contribution in [0.5, 0.6) is 0 Å². The molecule has 2 aliphatic heterocycles. The number of nitrogens with zero attached hydrogens (tertiary/aromatic N) is 1. The molecule has 0 aromatic heterocycles. The largest absolute Gasteiger partial charge is 0.494 e. The summed E-state index contributed by atoms with van der Waals surface area (Å²) in [6.07, 6.45) is 0. The molecule has 38 heavy (non-hydrogen) atoms. The molecule has 0 saturated carbocycles. The van der Waals surface area contributed by atoms with Crippen LogP contribution >= 0.6 is 0 Å². The van der Waals surface area contributed by atoms with Gasteiger partial charge < -0.3 is 24.1 Å². The highest BCUT2D eigenvalue weighted by molar-refractivity contribution is 6.66. The number of nitrogens with one attached hydrogen (secondary N) is 1. The van der Waals surface area contributed by atoms with Crippen molar-refractivity contribution in [2.75, 3.05) is 4.90 Å². The van der Waals surface area contributed by atoms with Gasteiger partial charge in [0, 0.05) is 22.6 Å². The summed E-state index contributed by atoms with van der Waals surface area (Å²) in [5.74, 6) is -0.269. The minimum absolute atomic E-state index is 0.157. The zero-order valence-electron chi connectivity index (χ0n) is 23.6. The van der Waals surface area contributed by atoms with Crippen LogP contribution in [0.4, 0.5) is 21.5 Å². The number of hydrogen-bond acceptors (Lipinski definition) is 5. The molecule has 0 amide bonds. The van der Waals surface area contributed by atoms with Crippen molar-refractivity contribution >= 4 is 42.2 Å². The van der Waals surface area contributed by atoms with Crippen LogP contribution in [0.3, 0.4) is 0 Å². The molecule has 0 atom stereocenters. The lowest BCUT2D eigenvalue weighted by Gasteiger charge is -2.33. The van der Waals surface area contributed by atoms with Gasteiger partial charge in [-0.15, -0.1) is 0 Å². The Morgan fingerprint density at radius 2 is 1.00 bits per heavy atom. The zero-order chi connectivity index (χ0) is 27.5. The zero-order valence-corrected chi connectivity index (χ0v) is 23.6. The standard InChI is InChI=1S/C30H37B2FN2O3/c1-27(2)28(3,4)36-31(34-27)21-9-15-24(16-10-21)35(26-19-13-23(33)14-20-26)25-17-11-22(12-18-25)32-37-29(5,6)30(7,8)38-32/h9-20,34H,1-8H3. The van der Waals surface area contributed by atoms with Crippen LogP contribution in [0, 0.1) is 5.82 Å². The van der Waals surface area contributed by atoms with E-state index in [1.54, 1.807) is 12.1 Å². The van der Waals surface area contributed by atoms with Crippen LogP contribution in [-0.2, 0) is 14.0 Å². The van der Waals surface area contributed by atoms with Crippen LogP contribution in [0.15, 0.2) is 72.8 Å². The fraction of sp³-hybridized carbons (Fsp3) is 0.400. The first-order valence-electron chi connectivity index (χ1n) is 13.3. The summed E-state index contributed by atoms with van der Waals surface area (Å²) >= 11 is 0. The van der Waals surface area contributed by atoms with E-state index in [-0.39, 0.29) is 24.0 Å². The van der Waals surface area contributed by atoms with Crippen LogP contribution < -0.4 is 21.1 Å². The predicted octanol–water partition coefficient (Wildman–Crippen LogP) is 5.47. The first-order chi connectivity index (χ1) is 17.7. The molecule has 2 aliphatic rings. The van der Waals surface area contributed by atoms with E-state index in [1.807, 2.05) is 24.3 Å². The summed E-state index contributed by atoms with van der Waals surface area (Å²) < 4.78 is 32.6. The van der Waals surface area contributed by atoms with Gasteiger partial charge in [0.25, 0.3) is 0 Å². The monoisotopic (exact) mass is 514 g/mol. The lowest BCUT2D eigenvalue weighted by molar-refractivity contribution is 0.00578. The van der Waals surface area contributed by atoms with Crippen molar-refractivity contribution in [1.82, 2.24) is 5.23 Å². The highest BCUT2D eigenvalue weighted by Crippen LogP contribution is 2.38. The Labute approximate surface area is 227 Å². The van der Waals surface area contributed by atoms with Crippen molar-refractivity contribution in [2.45, 2.75) is 77.7 Å². The Balaban J connectivity index is 1.44. The van der Waals surface area contributed by atoms with E-state index in [0.29, 0.717) is 0 Å². The van der Waals surface area contributed by atoms with Crippen molar-refractivity contribution in [3.63, 3.8) is 0 Å². The Morgan fingerprint density at radius 1 is 0.579 bits per heavy atom. The Kier molecular flexibility index (Phi) is 6.55. The van der Waals surface area contributed by atoms with Gasteiger partial charge in [0.2, 0.25) is 0 Å². The van der Waals surface area contributed by atoms with Crippen molar-refractivity contribution in [3.05, 3.63) is 78.6 Å². The summed E-state index contributed by atoms with van der Waals surface area (Å²) in [7, 11) is -0.618. The number of benzene rings is 3. The topological polar surface area (TPSA) is 43.0 Å². The van der Waals surface area contributed by atoms with Gasteiger partial charge in [-0.3, -0.25) is 0 Å². The van der Waals surface area contributed by atoms with E-state index in [1.165, 1.54) is 12.1 Å². The molecule has 0 bridgehead atoms. The maximum Gasteiger partial charge on any atom is 0.494 e. The van der Waals surface area contributed by atoms with Crippen LogP contribution in [0.25, 0.3) is 0 Å². The van der Waals surface area contributed by atoms with Crippen molar-refractivity contribution < 1.29 is 18.4 Å². The third kappa shape index (κ3) is 4.79. The average molecular weight is 514 g/mol. The van der Waals surface area contributed by atoms with Gasteiger partial charge >= 0.3 is 14.2 Å². The van der Waals surface area contributed by atoms with E-state index in [0.717, 1.165) is 28.0 Å². The van der Waals surface area contributed by atoms with E-state index in [2.05, 4.69) is 89.8 Å². The molecule has 1 N–H and O–H groups in total. The predicted molar refractivity (Wildman–Crippen MR) is 155 cm³/mol. The lowest BCUT2D eigenvalue weighted by atomic mass is 9.73. The van der Waals surface area contributed by atoms with Crippen molar-refractivity contribution in [1.29, 1.82) is 0 Å². The Hall–Kier alpha value is -2.64. The molecule has 2 fully saturated rings. The number of anilines is 3. The second kappa shape index (κ2) is 9.23. The minimum atomic E-state index is -0.431. The van der Waals surface area contributed by atoms with E-state index in [9.17, 15) is 4.39 Å². The molecular weight excluding hydrogens is 477 g/mol. The third-order valence-electron chi connectivity index (χ3n) is 8.63. The van der Waals surface area contributed by atoms with Crippen molar-refractivity contribution in [3.8, 4) is 0 Å². The summed E-state index contributed by atoms with van der Waals surface area (Å²) in [4.78, 5) is 2.11. The normalized spacial score (nSPS) is 21.1. The number of rotatable bonds is 5. The molecule has 5 nitrogen and oxygen atoms in total. The van der Waals surface area contributed by atoms with Gasteiger partial charge in [0.05, 0.1) is 16.8 Å². The Bertz CT molecular complexity index is 1180. The SMILES string of the molecule is CC1(C)NB(c2ccc(N(c3ccc(F)cc3)c3ccc(B4OC(C)(C)C(C)(C)O4)cc3)cc2)OC1(C)C. The summed E-state index contributed by atoms with van der Waals surface area (Å²) in [5.41, 5.74) is 3.52. The maximum absolute atomic E-state index is 13.8. The number of hydrogen-bond donors (Lipinski definition) is 1. The second-order valence-corrected chi connectivity index (χ2v) is 12.4. The van der Waals surface area contributed by atoms with E-state index in [4.69, 9.17) is 14.0 Å². The fourth-order valence-corrected chi connectivity index (χ4v) is 4.72. The van der Waals surface area contributed by atoms with Gasteiger partial charge in [0.15, 0.2) is 0 Å². The van der Waals surface area contributed by atoms with Gasteiger partial charge in [-0.05, 0) is 115 Å². The maximum atomic E-state index is 13.8. The molecule has 3 aromatic carbocycles. The van der Waals surface area contributed by atoms with Crippen LogP contribution in [0.2, 0.25) is 0 Å². The van der Waals surface area contributed by atoms with Crippen LogP contribution in [0.1, 0.15) is 55.4 Å². The summed E-state index contributed by atoms with van der Waals surface area (Å²) in [5, 5.41) is 3.60. The molecule has 0 radical (unpaired) electrons. The molecule has 3 aromatic rings. The molecule has 2 heterocycles. The first kappa shape index (κ1) is 26.9. The van der Waals surface area contributed by atoms with Crippen LogP contribution in [-0.4, -0.2) is 36.5 Å². The molecular formula is C30H37B2FN2O3. The van der Waals surface area contributed by atoms with Gasteiger partial charge in [-0.1, -0.05) is 24.3 Å². The molecule has 198 valence electrons. The highest BCUT2D eigenvalue weighted by atomic mass is 19.1. The van der Waals surface area contributed by atoms with Gasteiger partial charge in [0.1, 0.15) is 5.82 Å². The van der Waals surface area contributed by atoms with Crippen molar-refractivity contribution in [2.24, 2.45) is 0 Å². The van der Waals surface area contributed by atoms with E-state index < -0.39 is 18.3 Å². The molecule has 2 saturated heterocycles. The second-order valence-electron chi connectivity index (χ2n) is 12.4. The van der Waals surface area contributed by atoms with Gasteiger partial charge in [-0.25, -0.2) is 4.39 Å². The third-order valence-corrected chi connectivity index (χ3v) is 8.63. The quantitative estimate of drug-likeness (QED) is 0.458. The summed E-state index contributed by atoms with van der Waals surface area (Å²) in [6.45, 7) is 16.7. The molecule has 0 unspecified atom stereocenters. The van der Waals surface area contributed by atoms with Gasteiger partial charge in [-0.2, -0.15) is 0 Å². The minimum Gasteiger partial charge on any atom is -0.411 e. The smallest absolute Gasteiger partial charge is 0.411 e. The fourth-order valence-electron chi connectivity index (χ4n) is 4.72. The molecule has 0 aliphatic carbocycles. The Morgan fingerprint density at radius 3 is 1.42 bits per heavy atom. The number of halogens is 1.